The first-order valence-electron chi connectivity index (χ1n) is 9.06. The first-order valence-corrected chi connectivity index (χ1v) is 9.06. The number of nitrogens with zero attached hydrogens (tertiary/aromatic N) is 2. The van der Waals surface area contributed by atoms with E-state index in [-0.39, 0.29) is 0 Å². The lowest BCUT2D eigenvalue weighted by molar-refractivity contribution is 0.284. The van der Waals surface area contributed by atoms with E-state index >= 15 is 0 Å². The molecule has 0 atom stereocenters. The van der Waals surface area contributed by atoms with Crippen LogP contribution in [0.5, 0.6) is 11.5 Å². The van der Waals surface area contributed by atoms with Crippen LogP contribution in [0.3, 0.4) is 0 Å². The molecule has 5 heteroatoms. The zero-order valence-electron chi connectivity index (χ0n) is 16.3. The molecule has 0 bridgehead atoms. The SMILES string of the molecule is COc1cc(CNc2nc(C)cc(C)c2C#N)ccc1OCc1ccccc1. The number of benzene rings is 2. The summed E-state index contributed by atoms with van der Waals surface area (Å²) in [6, 6.07) is 19.9. The van der Waals surface area contributed by atoms with Gasteiger partial charge < -0.3 is 14.8 Å². The third kappa shape index (κ3) is 4.60. The highest BCUT2D eigenvalue weighted by molar-refractivity contribution is 5.56. The van der Waals surface area contributed by atoms with Gasteiger partial charge in [0.1, 0.15) is 18.5 Å². The van der Waals surface area contributed by atoms with Crippen LogP contribution in [0.2, 0.25) is 0 Å². The number of aryl methyl sites for hydroxylation is 2. The van der Waals surface area contributed by atoms with E-state index in [1.54, 1.807) is 7.11 Å². The molecule has 0 saturated heterocycles. The monoisotopic (exact) mass is 373 g/mol. The molecule has 0 radical (unpaired) electrons. The van der Waals surface area contributed by atoms with E-state index in [1.165, 1.54) is 0 Å². The second-order valence-electron chi connectivity index (χ2n) is 6.53. The third-order valence-corrected chi connectivity index (χ3v) is 4.38. The highest BCUT2D eigenvalue weighted by Gasteiger charge is 2.10. The number of rotatable bonds is 7. The van der Waals surface area contributed by atoms with Gasteiger partial charge in [-0.05, 0) is 48.7 Å². The first kappa shape index (κ1) is 19.2. The lowest BCUT2D eigenvalue weighted by Gasteiger charge is -2.14. The van der Waals surface area contributed by atoms with Crippen molar-refractivity contribution in [1.29, 1.82) is 5.26 Å². The summed E-state index contributed by atoms with van der Waals surface area (Å²) in [4.78, 5) is 4.45. The van der Waals surface area contributed by atoms with Gasteiger partial charge in [-0.25, -0.2) is 4.98 Å². The number of hydrogen-bond acceptors (Lipinski definition) is 5. The number of aromatic nitrogens is 1. The molecule has 0 aliphatic rings. The number of nitrogens with one attached hydrogen (secondary N) is 1. The summed E-state index contributed by atoms with van der Waals surface area (Å²) >= 11 is 0. The van der Waals surface area contributed by atoms with Crippen LogP contribution in [0.1, 0.15) is 27.9 Å². The molecular formula is C23H23N3O2. The van der Waals surface area contributed by atoms with Crippen LogP contribution in [0.15, 0.2) is 54.6 Å². The van der Waals surface area contributed by atoms with Crippen molar-refractivity contribution in [3.63, 3.8) is 0 Å². The molecule has 2 aromatic carbocycles. The predicted octanol–water partition coefficient (Wildman–Crippen LogP) is 4.77. The van der Waals surface area contributed by atoms with Crippen molar-refractivity contribution in [2.24, 2.45) is 0 Å². The van der Waals surface area contributed by atoms with E-state index in [1.807, 2.05) is 68.4 Å². The lowest BCUT2D eigenvalue weighted by atomic mass is 10.1. The molecule has 1 aromatic heterocycles. The van der Waals surface area contributed by atoms with Gasteiger partial charge in [-0.2, -0.15) is 5.26 Å². The van der Waals surface area contributed by atoms with Crippen molar-refractivity contribution >= 4 is 5.82 Å². The van der Waals surface area contributed by atoms with Crippen LogP contribution < -0.4 is 14.8 Å². The topological polar surface area (TPSA) is 67.2 Å². The second kappa shape index (κ2) is 8.92. The summed E-state index contributed by atoms with van der Waals surface area (Å²) in [7, 11) is 1.63. The molecule has 1 N–H and O–H groups in total. The Morgan fingerprint density at radius 3 is 2.50 bits per heavy atom. The van der Waals surface area contributed by atoms with Crippen molar-refractivity contribution < 1.29 is 9.47 Å². The molecule has 28 heavy (non-hydrogen) atoms. The summed E-state index contributed by atoms with van der Waals surface area (Å²) in [6.07, 6.45) is 0. The number of anilines is 1. The molecule has 142 valence electrons. The summed E-state index contributed by atoms with van der Waals surface area (Å²) in [5.41, 5.74) is 4.47. The average Bonchev–Trinajstić information content (AvgIpc) is 2.71. The smallest absolute Gasteiger partial charge is 0.161 e. The minimum atomic E-state index is 0.479. The van der Waals surface area contributed by atoms with Gasteiger partial charge in [0.05, 0.1) is 12.7 Å². The number of ether oxygens (including phenoxy) is 2. The molecule has 0 saturated carbocycles. The van der Waals surface area contributed by atoms with Crippen LogP contribution in [-0.2, 0) is 13.2 Å². The number of nitriles is 1. The Labute approximate surface area is 165 Å². The Kier molecular flexibility index (Phi) is 6.13. The zero-order valence-corrected chi connectivity index (χ0v) is 16.3. The summed E-state index contributed by atoms with van der Waals surface area (Å²) < 4.78 is 11.4. The van der Waals surface area contributed by atoms with Crippen molar-refractivity contribution in [2.75, 3.05) is 12.4 Å². The average molecular weight is 373 g/mol. The predicted molar refractivity (Wildman–Crippen MR) is 110 cm³/mol. The van der Waals surface area contributed by atoms with Gasteiger partial charge in [0.25, 0.3) is 0 Å². The van der Waals surface area contributed by atoms with E-state index < -0.39 is 0 Å². The molecule has 3 aromatic rings. The maximum atomic E-state index is 9.39. The first-order chi connectivity index (χ1) is 13.6. The second-order valence-corrected chi connectivity index (χ2v) is 6.53. The number of hydrogen-bond donors (Lipinski definition) is 1. The van der Waals surface area contributed by atoms with E-state index in [9.17, 15) is 5.26 Å². The molecule has 0 aliphatic heterocycles. The van der Waals surface area contributed by atoms with Gasteiger partial charge >= 0.3 is 0 Å². The van der Waals surface area contributed by atoms with E-state index in [4.69, 9.17) is 9.47 Å². The van der Waals surface area contributed by atoms with E-state index in [0.717, 1.165) is 22.4 Å². The quantitative estimate of drug-likeness (QED) is 0.646. The van der Waals surface area contributed by atoms with E-state index in [0.29, 0.717) is 36.0 Å². The molecule has 0 spiro atoms. The Morgan fingerprint density at radius 2 is 1.79 bits per heavy atom. The molecule has 0 unspecified atom stereocenters. The fourth-order valence-electron chi connectivity index (χ4n) is 2.97. The fraction of sp³-hybridized carbons (Fsp3) is 0.217. The van der Waals surface area contributed by atoms with Gasteiger partial charge in [0, 0.05) is 12.2 Å². The summed E-state index contributed by atoms with van der Waals surface area (Å²) in [5, 5.41) is 12.7. The maximum Gasteiger partial charge on any atom is 0.161 e. The van der Waals surface area contributed by atoms with Crippen LogP contribution >= 0.6 is 0 Å². The Hall–Kier alpha value is -3.52. The molecular weight excluding hydrogens is 350 g/mol. The molecule has 1 heterocycles. The number of pyridine rings is 1. The molecule has 0 aliphatic carbocycles. The zero-order chi connectivity index (χ0) is 19.9. The Balaban J connectivity index is 1.71. The highest BCUT2D eigenvalue weighted by atomic mass is 16.5. The molecule has 5 nitrogen and oxygen atoms in total. The fourth-order valence-corrected chi connectivity index (χ4v) is 2.97. The van der Waals surface area contributed by atoms with Crippen LogP contribution in [0, 0.1) is 25.2 Å². The highest BCUT2D eigenvalue weighted by Crippen LogP contribution is 2.29. The minimum Gasteiger partial charge on any atom is -0.493 e. The van der Waals surface area contributed by atoms with Crippen molar-refractivity contribution in [3.05, 3.63) is 82.5 Å². The lowest BCUT2D eigenvalue weighted by Crippen LogP contribution is -2.06. The van der Waals surface area contributed by atoms with Crippen molar-refractivity contribution in [3.8, 4) is 17.6 Å². The van der Waals surface area contributed by atoms with Gasteiger partial charge in [-0.1, -0.05) is 36.4 Å². The van der Waals surface area contributed by atoms with Gasteiger partial charge in [0.2, 0.25) is 0 Å². The van der Waals surface area contributed by atoms with E-state index in [2.05, 4.69) is 16.4 Å². The summed E-state index contributed by atoms with van der Waals surface area (Å²) in [6.45, 7) is 4.84. The summed E-state index contributed by atoms with van der Waals surface area (Å²) in [5.74, 6) is 1.96. The molecule has 0 amide bonds. The molecule has 0 fully saturated rings. The van der Waals surface area contributed by atoms with Crippen LogP contribution in [-0.4, -0.2) is 12.1 Å². The van der Waals surface area contributed by atoms with Crippen molar-refractivity contribution in [2.45, 2.75) is 27.0 Å². The van der Waals surface area contributed by atoms with Gasteiger partial charge in [-0.3, -0.25) is 0 Å². The minimum absolute atomic E-state index is 0.479. The third-order valence-electron chi connectivity index (χ3n) is 4.38. The van der Waals surface area contributed by atoms with Gasteiger partial charge in [0.15, 0.2) is 11.5 Å². The maximum absolute atomic E-state index is 9.39. The number of methoxy groups -OCH3 is 1. The van der Waals surface area contributed by atoms with Crippen LogP contribution in [0.25, 0.3) is 0 Å². The Bertz CT molecular complexity index is 995. The Morgan fingerprint density at radius 1 is 1.00 bits per heavy atom. The van der Waals surface area contributed by atoms with Crippen molar-refractivity contribution in [1.82, 2.24) is 4.98 Å². The standard InChI is InChI=1S/C23H23N3O2/c1-16-11-17(2)26-23(20(16)13-24)25-14-19-9-10-21(22(12-19)27-3)28-15-18-7-5-4-6-8-18/h4-12H,14-15H2,1-3H3,(H,25,26). The van der Waals surface area contributed by atoms with Crippen LogP contribution in [0.4, 0.5) is 5.82 Å². The largest absolute Gasteiger partial charge is 0.493 e. The normalized spacial score (nSPS) is 10.2. The molecule has 3 rings (SSSR count). The van der Waals surface area contributed by atoms with Gasteiger partial charge in [-0.15, -0.1) is 0 Å².